The van der Waals surface area contributed by atoms with E-state index in [0.29, 0.717) is 17.4 Å². The Kier molecular flexibility index (Phi) is 5.12. The number of nitrogens with two attached hydrogens (primary N) is 1. The smallest absolute Gasteiger partial charge is 0.250 e. The van der Waals surface area contributed by atoms with E-state index < -0.39 is 5.91 Å². The van der Waals surface area contributed by atoms with E-state index in [4.69, 9.17) is 10.5 Å². The summed E-state index contributed by atoms with van der Waals surface area (Å²) in [5, 5.41) is 0. The van der Waals surface area contributed by atoms with Crippen molar-refractivity contribution < 1.29 is 9.53 Å². The average molecular weight is 365 g/mol. The van der Waals surface area contributed by atoms with Crippen molar-refractivity contribution in [3.63, 3.8) is 0 Å². The van der Waals surface area contributed by atoms with Gasteiger partial charge >= 0.3 is 0 Å². The van der Waals surface area contributed by atoms with Gasteiger partial charge in [-0.3, -0.25) is 4.79 Å². The molecule has 0 aliphatic heterocycles. The van der Waals surface area contributed by atoms with E-state index in [0.717, 1.165) is 31.3 Å². The van der Waals surface area contributed by atoms with Gasteiger partial charge in [0.25, 0.3) is 0 Å². The van der Waals surface area contributed by atoms with Crippen molar-refractivity contribution in [2.45, 2.75) is 51.0 Å². The molecular weight excluding hydrogens is 338 g/mol. The maximum absolute atomic E-state index is 11.2. The number of nitrogens with zero attached hydrogens (tertiary/aromatic N) is 2. The predicted octanol–water partition coefficient (Wildman–Crippen LogP) is 3.88. The first-order valence-corrected chi connectivity index (χ1v) is 9.95. The van der Waals surface area contributed by atoms with E-state index in [9.17, 15) is 4.79 Å². The van der Waals surface area contributed by atoms with Crippen molar-refractivity contribution in [3.8, 4) is 11.6 Å². The Hall–Kier alpha value is -2.40. The summed E-state index contributed by atoms with van der Waals surface area (Å²) in [6, 6.07) is 10.5. The van der Waals surface area contributed by atoms with Gasteiger partial charge in [0.15, 0.2) is 0 Å². The van der Waals surface area contributed by atoms with Gasteiger partial charge in [0, 0.05) is 24.8 Å². The molecule has 2 aliphatic carbocycles. The first-order valence-electron chi connectivity index (χ1n) is 9.95. The molecule has 5 nitrogen and oxygen atoms in total. The monoisotopic (exact) mass is 365 g/mol. The molecule has 0 saturated heterocycles. The third kappa shape index (κ3) is 3.98. The van der Waals surface area contributed by atoms with E-state index >= 15 is 0 Å². The highest BCUT2D eigenvalue weighted by Gasteiger charge is 2.31. The molecular formula is C22H27N3O2. The zero-order chi connectivity index (χ0) is 18.8. The van der Waals surface area contributed by atoms with Crippen molar-refractivity contribution in [1.82, 2.24) is 9.88 Å². The number of hydrogen-bond donors (Lipinski definition) is 1. The third-order valence-corrected chi connectivity index (χ3v) is 5.75. The zero-order valence-electron chi connectivity index (χ0n) is 15.9. The lowest BCUT2D eigenvalue weighted by Crippen LogP contribution is -2.32. The first kappa shape index (κ1) is 18.0. The van der Waals surface area contributed by atoms with Crippen molar-refractivity contribution in [2.24, 2.45) is 5.73 Å². The predicted molar refractivity (Wildman–Crippen MR) is 105 cm³/mol. The van der Waals surface area contributed by atoms with E-state index in [-0.39, 0.29) is 0 Å². The Bertz CT molecular complexity index is 815. The van der Waals surface area contributed by atoms with Gasteiger partial charge in [-0.2, -0.15) is 0 Å². The summed E-state index contributed by atoms with van der Waals surface area (Å²) in [5.74, 6) is 1.46. The fourth-order valence-electron chi connectivity index (χ4n) is 4.16. The second-order valence-electron chi connectivity index (χ2n) is 7.58. The zero-order valence-corrected chi connectivity index (χ0v) is 15.9. The van der Waals surface area contributed by atoms with Crippen LogP contribution in [0.25, 0.3) is 0 Å². The van der Waals surface area contributed by atoms with Crippen LogP contribution in [0, 0.1) is 0 Å². The molecule has 0 bridgehead atoms. The van der Waals surface area contributed by atoms with Crippen LogP contribution in [0.4, 0.5) is 0 Å². The van der Waals surface area contributed by atoms with Crippen molar-refractivity contribution in [3.05, 3.63) is 53.2 Å². The SMILES string of the molecule is CCN(CC1CCCc2c(Oc3ccc(C(N)=O)cn3)cccc21)C1CC1. The molecule has 5 heteroatoms. The topological polar surface area (TPSA) is 68.5 Å². The molecule has 1 saturated carbocycles. The maximum Gasteiger partial charge on any atom is 0.250 e. The maximum atomic E-state index is 11.2. The Morgan fingerprint density at radius 1 is 1.26 bits per heavy atom. The minimum atomic E-state index is -0.481. The third-order valence-electron chi connectivity index (χ3n) is 5.75. The molecule has 1 heterocycles. The van der Waals surface area contributed by atoms with Gasteiger partial charge in [0.05, 0.1) is 5.56 Å². The average Bonchev–Trinajstić information content (AvgIpc) is 3.52. The Morgan fingerprint density at radius 3 is 2.78 bits per heavy atom. The normalized spacial score (nSPS) is 19.0. The molecule has 2 aliphatic rings. The van der Waals surface area contributed by atoms with Crippen LogP contribution >= 0.6 is 0 Å². The van der Waals surface area contributed by atoms with E-state index in [2.05, 4.69) is 28.9 Å². The molecule has 1 atom stereocenters. The van der Waals surface area contributed by atoms with Crippen molar-refractivity contribution in [2.75, 3.05) is 13.1 Å². The van der Waals surface area contributed by atoms with E-state index in [1.165, 1.54) is 43.0 Å². The molecule has 2 N–H and O–H groups in total. The molecule has 1 fully saturated rings. The number of pyridine rings is 1. The van der Waals surface area contributed by atoms with Crippen molar-refractivity contribution in [1.29, 1.82) is 0 Å². The summed E-state index contributed by atoms with van der Waals surface area (Å²) in [4.78, 5) is 18.1. The van der Waals surface area contributed by atoms with Crippen LogP contribution in [0.5, 0.6) is 11.6 Å². The van der Waals surface area contributed by atoms with Crippen LogP contribution in [0.3, 0.4) is 0 Å². The fraction of sp³-hybridized carbons (Fsp3) is 0.455. The summed E-state index contributed by atoms with van der Waals surface area (Å²) in [6.45, 7) is 4.54. The minimum absolute atomic E-state index is 0.386. The largest absolute Gasteiger partial charge is 0.439 e. The van der Waals surface area contributed by atoms with E-state index in [1.807, 2.05) is 6.07 Å². The molecule has 1 unspecified atom stereocenters. The van der Waals surface area contributed by atoms with Crippen LogP contribution in [0.1, 0.15) is 60.0 Å². The number of hydrogen-bond acceptors (Lipinski definition) is 4. The highest BCUT2D eigenvalue weighted by molar-refractivity contribution is 5.92. The quantitative estimate of drug-likeness (QED) is 0.808. The molecule has 1 aromatic carbocycles. The van der Waals surface area contributed by atoms with Gasteiger partial charge in [0.2, 0.25) is 11.8 Å². The molecule has 1 amide bonds. The summed E-state index contributed by atoms with van der Waals surface area (Å²) in [6.07, 6.45) is 7.63. The Morgan fingerprint density at radius 2 is 2.11 bits per heavy atom. The summed E-state index contributed by atoms with van der Waals surface area (Å²) in [5.41, 5.74) is 8.39. The molecule has 4 rings (SSSR count). The first-order chi connectivity index (χ1) is 13.2. The number of benzene rings is 1. The van der Waals surface area contributed by atoms with Gasteiger partial charge < -0.3 is 15.4 Å². The number of carbonyl (C=O) groups is 1. The number of amides is 1. The Balaban J connectivity index is 1.55. The van der Waals surface area contributed by atoms with Crippen LogP contribution in [0.15, 0.2) is 36.5 Å². The van der Waals surface area contributed by atoms with Crippen LogP contribution < -0.4 is 10.5 Å². The molecule has 27 heavy (non-hydrogen) atoms. The molecule has 142 valence electrons. The van der Waals surface area contributed by atoms with Crippen LogP contribution in [0.2, 0.25) is 0 Å². The Labute approximate surface area is 160 Å². The standard InChI is InChI=1S/C22H27N3O2/c1-2-25(17-10-11-17)14-16-5-3-7-19-18(16)6-4-8-20(19)27-21-12-9-15(13-24-21)22(23)26/h4,6,8-9,12-13,16-17H,2-3,5,7,10-11,14H2,1H3,(H2,23,26). The van der Waals surface area contributed by atoms with E-state index in [1.54, 1.807) is 12.1 Å². The van der Waals surface area contributed by atoms with Gasteiger partial charge in [-0.15, -0.1) is 0 Å². The van der Waals surface area contributed by atoms with Crippen LogP contribution in [-0.4, -0.2) is 34.9 Å². The van der Waals surface area contributed by atoms with Crippen molar-refractivity contribution >= 4 is 5.91 Å². The number of carbonyl (C=O) groups excluding carboxylic acids is 1. The lowest BCUT2D eigenvalue weighted by Gasteiger charge is -2.31. The lowest BCUT2D eigenvalue weighted by atomic mass is 9.82. The molecule has 2 aromatic rings. The molecule has 0 spiro atoms. The second kappa shape index (κ2) is 7.69. The summed E-state index contributed by atoms with van der Waals surface area (Å²) < 4.78 is 6.07. The number of likely N-dealkylation sites (N-methyl/N-ethyl adjacent to an activating group) is 1. The number of primary amides is 1. The number of ether oxygens (including phenoxy) is 1. The highest BCUT2D eigenvalue weighted by atomic mass is 16.5. The van der Waals surface area contributed by atoms with Gasteiger partial charge in [-0.1, -0.05) is 19.1 Å². The summed E-state index contributed by atoms with van der Waals surface area (Å²) >= 11 is 0. The van der Waals surface area contributed by atoms with Gasteiger partial charge in [-0.25, -0.2) is 4.98 Å². The number of aromatic nitrogens is 1. The summed E-state index contributed by atoms with van der Waals surface area (Å²) in [7, 11) is 0. The number of fused-ring (bicyclic) bond motifs is 1. The number of rotatable bonds is 7. The highest BCUT2D eigenvalue weighted by Crippen LogP contribution is 2.39. The van der Waals surface area contributed by atoms with Crippen LogP contribution in [-0.2, 0) is 6.42 Å². The lowest BCUT2D eigenvalue weighted by molar-refractivity contribution is 0.1000. The second-order valence-corrected chi connectivity index (χ2v) is 7.58. The van der Waals surface area contributed by atoms with Gasteiger partial charge in [0.1, 0.15) is 5.75 Å². The minimum Gasteiger partial charge on any atom is -0.439 e. The fourth-order valence-corrected chi connectivity index (χ4v) is 4.16. The molecule has 0 radical (unpaired) electrons. The molecule has 1 aromatic heterocycles. The van der Waals surface area contributed by atoms with Gasteiger partial charge in [-0.05, 0) is 67.8 Å².